The van der Waals surface area contributed by atoms with Crippen molar-refractivity contribution in [3.8, 4) is 0 Å². The molecule has 0 heterocycles. The number of hydrogen-bond donors (Lipinski definition) is 0. The lowest BCUT2D eigenvalue weighted by atomic mass is 10.1. The van der Waals surface area contributed by atoms with E-state index in [1.165, 1.54) is 0 Å². The summed E-state index contributed by atoms with van der Waals surface area (Å²) in [6, 6.07) is 13.2. The van der Waals surface area contributed by atoms with Gasteiger partial charge in [0.25, 0.3) is 0 Å². The molecule has 2 aromatic carbocycles. The molecule has 0 saturated heterocycles. The molecule has 0 aliphatic heterocycles. The Balaban J connectivity index is 2.11. The van der Waals surface area contributed by atoms with E-state index in [0.717, 1.165) is 0 Å². The highest BCUT2D eigenvalue weighted by Crippen LogP contribution is 2.16. The summed E-state index contributed by atoms with van der Waals surface area (Å²) in [5.41, 5.74) is 0.500. The van der Waals surface area contributed by atoms with Gasteiger partial charge in [0, 0.05) is 20.5 Å². The number of hydrogen-bond acceptors (Lipinski definition) is 2. The van der Waals surface area contributed by atoms with Crippen molar-refractivity contribution in [1.82, 2.24) is 0 Å². The number of rotatable bonds is 4. The van der Waals surface area contributed by atoms with Crippen LogP contribution in [0.3, 0.4) is 0 Å². The Bertz CT molecular complexity index is 624. The fraction of sp³-hybridized carbons (Fsp3) is 0.0714. The molecule has 1 unspecified atom stereocenters. The number of carbonyl (C=O) groups is 1. The third kappa shape index (κ3) is 3.90. The molecule has 0 aliphatic rings. The maximum Gasteiger partial charge on any atom is 0.175 e. The van der Waals surface area contributed by atoms with Gasteiger partial charge in [-0.2, -0.15) is 0 Å². The van der Waals surface area contributed by atoms with E-state index >= 15 is 0 Å². The van der Waals surface area contributed by atoms with Gasteiger partial charge in [0.1, 0.15) is 0 Å². The molecule has 2 aromatic rings. The second kappa shape index (κ2) is 6.33. The Hall–Kier alpha value is -1.16. The molecule has 0 aromatic heterocycles. The zero-order valence-corrected chi connectivity index (χ0v) is 12.1. The quantitative estimate of drug-likeness (QED) is 0.800. The van der Waals surface area contributed by atoms with Gasteiger partial charge in [0.15, 0.2) is 5.78 Å². The van der Waals surface area contributed by atoms with Crippen LogP contribution < -0.4 is 0 Å². The summed E-state index contributed by atoms with van der Waals surface area (Å²) in [5, 5.41) is 1.07. The van der Waals surface area contributed by atoms with E-state index in [4.69, 9.17) is 23.2 Å². The monoisotopic (exact) mass is 312 g/mol. The molecule has 2 nitrogen and oxygen atoms in total. The van der Waals surface area contributed by atoms with Crippen LogP contribution in [-0.2, 0) is 10.8 Å². The molecule has 0 N–H and O–H groups in total. The average molecular weight is 313 g/mol. The minimum Gasteiger partial charge on any atom is -0.293 e. The molecule has 0 fully saturated rings. The van der Waals surface area contributed by atoms with E-state index in [9.17, 15) is 9.00 Å². The lowest BCUT2D eigenvalue weighted by molar-refractivity contribution is 0.102. The van der Waals surface area contributed by atoms with Gasteiger partial charge in [-0.15, -0.1) is 0 Å². The van der Waals surface area contributed by atoms with Crippen molar-refractivity contribution in [2.75, 3.05) is 5.75 Å². The van der Waals surface area contributed by atoms with Crippen LogP contribution in [-0.4, -0.2) is 15.7 Å². The van der Waals surface area contributed by atoms with E-state index in [1.54, 1.807) is 48.5 Å². The van der Waals surface area contributed by atoms with Gasteiger partial charge in [-0.3, -0.25) is 9.00 Å². The molecule has 1 atom stereocenters. The third-order valence-electron chi connectivity index (χ3n) is 2.49. The zero-order valence-electron chi connectivity index (χ0n) is 9.81. The maximum absolute atomic E-state index is 12.1. The highest BCUT2D eigenvalue weighted by molar-refractivity contribution is 7.85. The van der Waals surface area contributed by atoms with E-state index < -0.39 is 10.8 Å². The van der Waals surface area contributed by atoms with Crippen LogP contribution in [0.25, 0.3) is 0 Å². The Morgan fingerprint density at radius 1 is 1.00 bits per heavy atom. The first-order valence-electron chi connectivity index (χ1n) is 5.49. The molecule has 0 bridgehead atoms. The first-order valence-corrected chi connectivity index (χ1v) is 7.56. The van der Waals surface area contributed by atoms with Gasteiger partial charge < -0.3 is 0 Å². The molecule has 5 heteroatoms. The lowest BCUT2D eigenvalue weighted by Gasteiger charge is -2.03. The molecule has 98 valence electrons. The summed E-state index contributed by atoms with van der Waals surface area (Å²) in [7, 11) is -1.40. The van der Waals surface area contributed by atoms with Crippen LogP contribution in [0.15, 0.2) is 53.4 Å². The van der Waals surface area contributed by atoms with Gasteiger partial charge in [0.2, 0.25) is 0 Å². The Morgan fingerprint density at radius 3 is 2.32 bits per heavy atom. The van der Waals surface area contributed by atoms with Crippen LogP contribution in [0, 0.1) is 0 Å². The van der Waals surface area contributed by atoms with Gasteiger partial charge in [-0.1, -0.05) is 29.3 Å². The lowest BCUT2D eigenvalue weighted by Crippen LogP contribution is -2.11. The topological polar surface area (TPSA) is 34.1 Å². The van der Waals surface area contributed by atoms with Crippen molar-refractivity contribution < 1.29 is 9.00 Å². The number of Topliss-reactive ketones (excluding diaryl/α,β-unsaturated/α-hetero) is 1. The largest absolute Gasteiger partial charge is 0.293 e. The summed E-state index contributed by atoms with van der Waals surface area (Å²) in [4.78, 5) is 12.5. The Morgan fingerprint density at radius 2 is 1.68 bits per heavy atom. The highest BCUT2D eigenvalue weighted by Gasteiger charge is 2.12. The normalized spacial score (nSPS) is 12.1. The number of carbonyl (C=O) groups excluding carboxylic acids is 1. The van der Waals surface area contributed by atoms with Gasteiger partial charge in [0.05, 0.1) is 16.6 Å². The Kier molecular flexibility index (Phi) is 4.75. The minimum atomic E-state index is -1.40. The molecule has 0 aliphatic carbocycles. The number of halogens is 2. The SMILES string of the molecule is O=C(CS(=O)c1cccc(Cl)c1)c1ccc(Cl)cc1. The molecule has 0 amide bonds. The van der Waals surface area contributed by atoms with Crippen molar-refractivity contribution in [1.29, 1.82) is 0 Å². The molecule has 0 saturated carbocycles. The summed E-state index contributed by atoms with van der Waals surface area (Å²) in [6.07, 6.45) is 0. The molecule has 0 spiro atoms. The van der Waals surface area contributed by atoms with Crippen LogP contribution in [0.2, 0.25) is 10.0 Å². The van der Waals surface area contributed by atoms with E-state index in [-0.39, 0.29) is 11.5 Å². The van der Waals surface area contributed by atoms with E-state index in [2.05, 4.69) is 0 Å². The molecule has 0 radical (unpaired) electrons. The molecular formula is C14H10Cl2O2S. The number of ketones is 1. The minimum absolute atomic E-state index is 0.0675. The fourth-order valence-electron chi connectivity index (χ4n) is 1.53. The van der Waals surface area contributed by atoms with Gasteiger partial charge in [-0.05, 0) is 42.5 Å². The molecule has 19 heavy (non-hydrogen) atoms. The van der Waals surface area contributed by atoms with Crippen LogP contribution in [0.4, 0.5) is 0 Å². The Labute approximate surface area is 123 Å². The van der Waals surface area contributed by atoms with Gasteiger partial charge in [-0.25, -0.2) is 0 Å². The fourth-order valence-corrected chi connectivity index (χ4v) is 2.97. The van der Waals surface area contributed by atoms with Crippen molar-refractivity contribution in [2.45, 2.75) is 4.90 Å². The van der Waals surface area contributed by atoms with Crippen molar-refractivity contribution in [3.05, 3.63) is 64.1 Å². The highest BCUT2D eigenvalue weighted by atomic mass is 35.5. The third-order valence-corrected chi connectivity index (χ3v) is 4.28. The summed E-state index contributed by atoms with van der Waals surface area (Å²) < 4.78 is 12.1. The zero-order chi connectivity index (χ0) is 13.8. The number of benzene rings is 2. The summed E-state index contributed by atoms with van der Waals surface area (Å²) in [6.45, 7) is 0. The second-order valence-electron chi connectivity index (χ2n) is 3.88. The van der Waals surface area contributed by atoms with E-state index in [0.29, 0.717) is 20.5 Å². The first-order chi connectivity index (χ1) is 9.06. The van der Waals surface area contributed by atoms with Crippen molar-refractivity contribution >= 4 is 39.8 Å². The predicted octanol–water partition coefficient (Wildman–Crippen LogP) is 3.98. The first kappa shape index (κ1) is 14.3. The average Bonchev–Trinajstić information content (AvgIpc) is 2.39. The van der Waals surface area contributed by atoms with Crippen molar-refractivity contribution in [2.24, 2.45) is 0 Å². The smallest absolute Gasteiger partial charge is 0.175 e. The van der Waals surface area contributed by atoms with Crippen LogP contribution >= 0.6 is 23.2 Å². The standard InChI is InChI=1S/C14H10Cl2O2S/c15-11-6-4-10(5-7-11)14(17)9-19(18)13-3-1-2-12(16)8-13/h1-8H,9H2. The van der Waals surface area contributed by atoms with Gasteiger partial charge >= 0.3 is 0 Å². The molecular weight excluding hydrogens is 303 g/mol. The van der Waals surface area contributed by atoms with Crippen LogP contribution in [0.5, 0.6) is 0 Å². The summed E-state index contributed by atoms with van der Waals surface area (Å²) >= 11 is 11.6. The van der Waals surface area contributed by atoms with E-state index in [1.807, 2.05) is 0 Å². The predicted molar refractivity (Wildman–Crippen MR) is 78.5 cm³/mol. The van der Waals surface area contributed by atoms with Crippen molar-refractivity contribution in [3.63, 3.8) is 0 Å². The molecule has 2 rings (SSSR count). The summed E-state index contributed by atoms with van der Waals surface area (Å²) in [5.74, 6) is -0.253. The maximum atomic E-state index is 12.1. The second-order valence-corrected chi connectivity index (χ2v) is 6.20. The van der Waals surface area contributed by atoms with Crippen LogP contribution in [0.1, 0.15) is 10.4 Å².